The van der Waals surface area contributed by atoms with E-state index < -0.39 is 11.4 Å². The number of carbonyl (C=O) groups excluding carboxylic acids is 2. The molecule has 1 aliphatic heterocycles. The lowest BCUT2D eigenvalue weighted by atomic mass is 9.99. The van der Waals surface area contributed by atoms with Crippen LogP contribution in [0.2, 0.25) is 0 Å². The minimum Gasteiger partial charge on any atom is -0.489 e. The third-order valence-electron chi connectivity index (χ3n) is 3.79. The molecule has 0 aliphatic carbocycles. The van der Waals surface area contributed by atoms with E-state index in [-0.39, 0.29) is 29.9 Å². The molecular formula is C18H23BrFNO4. The number of hydrogen-bond donors (Lipinski definition) is 0. The van der Waals surface area contributed by atoms with E-state index in [2.05, 4.69) is 15.9 Å². The average molecular weight is 416 g/mol. The second-order valence-electron chi connectivity index (χ2n) is 7.18. The number of halogens is 2. The van der Waals surface area contributed by atoms with Crippen molar-refractivity contribution in [1.29, 1.82) is 0 Å². The molecule has 1 heterocycles. The van der Waals surface area contributed by atoms with Gasteiger partial charge in [0.25, 0.3) is 0 Å². The molecule has 0 aromatic heterocycles. The summed E-state index contributed by atoms with van der Waals surface area (Å²) >= 11 is 3.22. The summed E-state index contributed by atoms with van der Waals surface area (Å²) in [4.78, 5) is 24.6. The van der Waals surface area contributed by atoms with Crippen molar-refractivity contribution in [2.24, 2.45) is 5.92 Å². The molecule has 1 aromatic carbocycles. The minimum atomic E-state index is -0.587. The van der Waals surface area contributed by atoms with Crippen LogP contribution in [0.25, 0.3) is 0 Å². The highest BCUT2D eigenvalue weighted by atomic mass is 79.9. The van der Waals surface area contributed by atoms with E-state index >= 15 is 0 Å². The van der Waals surface area contributed by atoms with Gasteiger partial charge in [0.15, 0.2) is 11.6 Å². The zero-order valence-corrected chi connectivity index (χ0v) is 16.3. The number of hydrogen-bond acceptors (Lipinski definition) is 4. The topological polar surface area (TPSA) is 55.8 Å². The Bertz CT molecular complexity index is 621. The van der Waals surface area contributed by atoms with Gasteiger partial charge in [-0.3, -0.25) is 4.79 Å². The molecule has 0 spiro atoms. The number of carbonyl (C=O) groups is 2. The zero-order valence-electron chi connectivity index (χ0n) is 14.7. The highest BCUT2D eigenvalue weighted by molar-refractivity contribution is 9.10. The van der Waals surface area contributed by atoms with Gasteiger partial charge in [0.1, 0.15) is 11.9 Å². The Kier molecular flexibility index (Phi) is 6.43. The molecule has 5 nitrogen and oxygen atoms in total. The standard InChI is InChI=1S/C18H23BrFNO4/c1-18(2,3)25-17(23)21-6-4-5-12(9-21)11-24-16-14(19)7-13(10-22)8-15(16)20/h7-8,10,12H,4-6,9,11H2,1-3H3. The molecule has 2 rings (SSSR count). The Balaban J connectivity index is 1.95. The molecule has 1 aromatic rings. The maximum absolute atomic E-state index is 14.0. The highest BCUT2D eigenvalue weighted by Gasteiger charge is 2.28. The van der Waals surface area contributed by atoms with Crippen LogP contribution in [-0.4, -0.2) is 42.6 Å². The third-order valence-corrected chi connectivity index (χ3v) is 4.38. The van der Waals surface area contributed by atoms with Crippen molar-refractivity contribution in [3.05, 3.63) is 28.0 Å². The Morgan fingerprint density at radius 3 is 2.76 bits per heavy atom. The second-order valence-corrected chi connectivity index (χ2v) is 8.03. The molecule has 1 aliphatic rings. The predicted octanol–water partition coefficient (Wildman–Crippen LogP) is 4.43. The Morgan fingerprint density at radius 1 is 1.44 bits per heavy atom. The molecule has 0 radical (unpaired) electrons. The van der Waals surface area contributed by atoms with Crippen molar-refractivity contribution in [2.75, 3.05) is 19.7 Å². The van der Waals surface area contributed by atoms with Gasteiger partial charge >= 0.3 is 6.09 Å². The van der Waals surface area contributed by atoms with Gasteiger partial charge in [0.2, 0.25) is 0 Å². The number of benzene rings is 1. The number of ether oxygens (including phenoxy) is 2. The van der Waals surface area contributed by atoms with Gasteiger partial charge < -0.3 is 14.4 Å². The monoisotopic (exact) mass is 415 g/mol. The van der Waals surface area contributed by atoms with E-state index in [1.54, 1.807) is 4.90 Å². The van der Waals surface area contributed by atoms with Gasteiger partial charge in [-0.05, 0) is 61.7 Å². The lowest BCUT2D eigenvalue weighted by Gasteiger charge is -2.34. The van der Waals surface area contributed by atoms with Gasteiger partial charge in [-0.15, -0.1) is 0 Å². The lowest BCUT2D eigenvalue weighted by Crippen LogP contribution is -2.44. The summed E-state index contributed by atoms with van der Waals surface area (Å²) in [6, 6.07) is 2.65. The zero-order chi connectivity index (χ0) is 18.6. The largest absolute Gasteiger partial charge is 0.489 e. The second kappa shape index (κ2) is 8.17. The van der Waals surface area contributed by atoms with Crippen LogP contribution in [0.3, 0.4) is 0 Å². The first-order valence-corrected chi connectivity index (χ1v) is 9.04. The van der Waals surface area contributed by atoms with Crippen LogP contribution in [-0.2, 0) is 4.74 Å². The summed E-state index contributed by atoms with van der Waals surface area (Å²) in [6.45, 7) is 6.95. The van der Waals surface area contributed by atoms with Gasteiger partial charge in [-0.25, -0.2) is 9.18 Å². The van der Waals surface area contributed by atoms with Crippen LogP contribution in [0.5, 0.6) is 5.75 Å². The predicted molar refractivity (Wildman–Crippen MR) is 95.5 cm³/mol. The van der Waals surface area contributed by atoms with E-state index in [1.165, 1.54) is 6.07 Å². The molecule has 138 valence electrons. The molecular weight excluding hydrogens is 393 g/mol. The van der Waals surface area contributed by atoms with E-state index in [1.807, 2.05) is 20.8 Å². The molecule has 1 unspecified atom stereocenters. The summed E-state index contributed by atoms with van der Waals surface area (Å²) in [6.07, 6.45) is 1.99. The third kappa shape index (κ3) is 5.70. The van der Waals surface area contributed by atoms with Gasteiger partial charge in [0.05, 0.1) is 11.1 Å². The van der Waals surface area contributed by atoms with Gasteiger partial charge in [0, 0.05) is 24.6 Å². The molecule has 1 atom stereocenters. The minimum absolute atomic E-state index is 0.0833. The van der Waals surface area contributed by atoms with Gasteiger partial charge in [-0.2, -0.15) is 0 Å². The lowest BCUT2D eigenvalue weighted by molar-refractivity contribution is 0.0138. The van der Waals surface area contributed by atoms with E-state index in [4.69, 9.17) is 9.47 Å². The van der Waals surface area contributed by atoms with Gasteiger partial charge in [-0.1, -0.05) is 0 Å². The summed E-state index contributed by atoms with van der Waals surface area (Å²) in [7, 11) is 0. The fraction of sp³-hybridized carbons (Fsp3) is 0.556. The van der Waals surface area contributed by atoms with Crippen molar-refractivity contribution in [2.45, 2.75) is 39.2 Å². The Hall–Kier alpha value is -1.63. The summed E-state index contributed by atoms with van der Waals surface area (Å²) < 4.78 is 25.5. The SMILES string of the molecule is CC(C)(C)OC(=O)N1CCCC(COc2c(F)cc(C=O)cc2Br)C1. The molecule has 1 saturated heterocycles. The van der Waals surface area contributed by atoms with Crippen LogP contribution < -0.4 is 4.74 Å². The number of amides is 1. The molecule has 1 fully saturated rings. The maximum Gasteiger partial charge on any atom is 0.410 e. The van der Waals surface area contributed by atoms with Crippen LogP contribution in [0, 0.1) is 11.7 Å². The number of nitrogens with zero attached hydrogens (tertiary/aromatic N) is 1. The van der Waals surface area contributed by atoms with Crippen molar-refractivity contribution >= 4 is 28.3 Å². The Labute approximate surface area is 155 Å². The van der Waals surface area contributed by atoms with Crippen LogP contribution in [0.4, 0.5) is 9.18 Å². The van der Waals surface area contributed by atoms with Crippen molar-refractivity contribution < 1.29 is 23.5 Å². The summed E-state index contributed by atoms with van der Waals surface area (Å²) in [5.41, 5.74) is -0.292. The first-order valence-electron chi connectivity index (χ1n) is 8.24. The van der Waals surface area contributed by atoms with Crippen LogP contribution in [0.15, 0.2) is 16.6 Å². The summed E-state index contributed by atoms with van der Waals surface area (Å²) in [5.74, 6) is -0.408. The average Bonchev–Trinajstić information content (AvgIpc) is 2.52. The molecule has 25 heavy (non-hydrogen) atoms. The number of aldehydes is 1. The van der Waals surface area contributed by atoms with E-state index in [0.29, 0.717) is 23.8 Å². The highest BCUT2D eigenvalue weighted by Crippen LogP contribution is 2.30. The smallest absolute Gasteiger partial charge is 0.410 e. The molecule has 0 bridgehead atoms. The maximum atomic E-state index is 14.0. The van der Waals surface area contributed by atoms with Crippen molar-refractivity contribution in [1.82, 2.24) is 4.90 Å². The van der Waals surface area contributed by atoms with Crippen LogP contribution >= 0.6 is 15.9 Å². The Morgan fingerprint density at radius 2 is 2.16 bits per heavy atom. The molecule has 0 saturated carbocycles. The summed E-state index contributed by atoms with van der Waals surface area (Å²) in [5, 5.41) is 0. The first kappa shape index (κ1) is 19.7. The van der Waals surface area contributed by atoms with Crippen molar-refractivity contribution in [3.8, 4) is 5.75 Å². The molecule has 0 N–H and O–H groups in total. The number of piperidine rings is 1. The van der Waals surface area contributed by atoms with E-state index in [0.717, 1.165) is 18.9 Å². The van der Waals surface area contributed by atoms with Crippen molar-refractivity contribution in [3.63, 3.8) is 0 Å². The van der Waals surface area contributed by atoms with E-state index in [9.17, 15) is 14.0 Å². The number of likely N-dealkylation sites (tertiary alicyclic amines) is 1. The quantitative estimate of drug-likeness (QED) is 0.682. The fourth-order valence-corrected chi connectivity index (χ4v) is 3.25. The number of rotatable bonds is 4. The normalized spacial score (nSPS) is 18.0. The molecule has 7 heteroatoms. The fourth-order valence-electron chi connectivity index (χ4n) is 2.68. The first-order chi connectivity index (χ1) is 11.7. The molecule has 1 amide bonds. The van der Waals surface area contributed by atoms with Crippen LogP contribution in [0.1, 0.15) is 44.0 Å².